The summed E-state index contributed by atoms with van der Waals surface area (Å²) in [5.41, 5.74) is 6.23. The van der Waals surface area contributed by atoms with Crippen LogP contribution in [0.1, 0.15) is 5.56 Å². The molecule has 0 heterocycles. The fourth-order valence-corrected chi connectivity index (χ4v) is 1.55. The first-order valence-corrected chi connectivity index (χ1v) is 5.10. The number of carboxylic acid groups (broad SMARTS) is 1. The molecule has 0 spiro atoms. The Hall–Kier alpha value is -0.580. The second kappa shape index (κ2) is 4.77. The lowest BCUT2D eigenvalue weighted by molar-refractivity contribution is -0.138. The molecule has 0 fully saturated rings. The zero-order valence-corrected chi connectivity index (χ0v) is 9.55. The molecule has 1 rings (SSSR count). The smallest absolute Gasteiger partial charge is 0.320 e. The average molecular weight is 279 g/mol. The Morgan fingerprint density at radius 2 is 2.29 bits per heavy atom. The summed E-state index contributed by atoms with van der Waals surface area (Å²) in [5.74, 6) is -1.00. The van der Waals surface area contributed by atoms with E-state index < -0.39 is 12.0 Å². The Labute approximate surface area is 95.0 Å². The summed E-state index contributed by atoms with van der Waals surface area (Å²) in [6.45, 7) is 0. The van der Waals surface area contributed by atoms with Gasteiger partial charge in [-0.05, 0) is 40.0 Å². The lowest BCUT2D eigenvalue weighted by atomic mass is 10.1. The van der Waals surface area contributed by atoms with Gasteiger partial charge in [0.05, 0.1) is 5.02 Å². The Bertz CT molecular complexity index is 357. The second-order valence-corrected chi connectivity index (χ2v) is 4.16. The topological polar surface area (TPSA) is 63.3 Å². The molecule has 0 unspecified atom stereocenters. The molecule has 3 nitrogen and oxygen atoms in total. The van der Waals surface area contributed by atoms with Gasteiger partial charge in [-0.15, -0.1) is 0 Å². The average Bonchev–Trinajstić information content (AvgIpc) is 2.11. The molecule has 0 saturated heterocycles. The molecule has 14 heavy (non-hydrogen) atoms. The van der Waals surface area contributed by atoms with Crippen molar-refractivity contribution in [2.24, 2.45) is 5.73 Å². The second-order valence-electron chi connectivity index (χ2n) is 2.90. The predicted octanol–water partition coefficient (Wildman–Crippen LogP) is 2.06. The van der Waals surface area contributed by atoms with E-state index in [0.717, 1.165) is 10.0 Å². The van der Waals surface area contributed by atoms with Crippen LogP contribution in [0, 0.1) is 0 Å². The van der Waals surface area contributed by atoms with Crippen LogP contribution in [0.25, 0.3) is 0 Å². The third-order valence-electron chi connectivity index (χ3n) is 1.76. The molecule has 0 aliphatic carbocycles. The molecule has 76 valence electrons. The molecule has 0 aliphatic rings. The number of benzene rings is 1. The van der Waals surface area contributed by atoms with Gasteiger partial charge >= 0.3 is 5.97 Å². The number of hydrogen-bond acceptors (Lipinski definition) is 2. The molecule has 0 bridgehead atoms. The zero-order chi connectivity index (χ0) is 10.7. The van der Waals surface area contributed by atoms with Crippen molar-refractivity contribution in [1.29, 1.82) is 0 Å². The first-order valence-electron chi connectivity index (χ1n) is 3.93. The van der Waals surface area contributed by atoms with Crippen LogP contribution in [0.2, 0.25) is 5.02 Å². The Kier molecular flexibility index (Phi) is 3.92. The van der Waals surface area contributed by atoms with Gasteiger partial charge in [-0.2, -0.15) is 0 Å². The zero-order valence-electron chi connectivity index (χ0n) is 7.21. The molecular weight excluding hydrogens is 269 g/mol. The van der Waals surface area contributed by atoms with Crippen LogP contribution in [-0.4, -0.2) is 17.1 Å². The van der Waals surface area contributed by atoms with E-state index in [0.29, 0.717) is 11.4 Å². The minimum atomic E-state index is -1.00. The summed E-state index contributed by atoms with van der Waals surface area (Å²) in [6.07, 6.45) is 0.297. The summed E-state index contributed by atoms with van der Waals surface area (Å²) in [5, 5.41) is 9.20. The minimum absolute atomic E-state index is 0.297. The first-order chi connectivity index (χ1) is 6.50. The van der Waals surface area contributed by atoms with Gasteiger partial charge in [0.25, 0.3) is 0 Å². The van der Waals surface area contributed by atoms with Crippen molar-refractivity contribution in [3.05, 3.63) is 33.3 Å². The highest BCUT2D eigenvalue weighted by molar-refractivity contribution is 9.10. The van der Waals surface area contributed by atoms with E-state index in [2.05, 4.69) is 15.9 Å². The third kappa shape index (κ3) is 2.97. The molecule has 5 heteroatoms. The normalized spacial score (nSPS) is 12.5. The standard InChI is InChI=1S/C9H9BrClNO2/c10-6-3-5(1-2-7(6)11)4-8(12)9(13)14/h1-3,8H,4,12H2,(H,13,14)/t8-/m1/s1. The SMILES string of the molecule is N[C@H](Cc1ccc(Cl)c(Br)c1)C(=O)O. The van der Waals surface area contributed by atoms with Crippen molar-refractivity contribution in [3.63, 3.8) is 0 Å². The number of carbonyl (C=O) groups is 1. The largest absolute Gasteiger partial charge is 0.480 e. The summed E-state index contributed by atoms with van der Waals surface area (Å²) in [7, 11) is 0. The van der Waals surface area contributed by atoms with Crippen molar-refractivity contribution >= 4 is 33.5 Å². The van der Waals surface area contributed by atoms with Gasteiger partial charge in [-0.25, -0.2) is 0 Å². The molecule has 0 saturated carbocycles. The van der Waals surface area contributed by atoms with Gasteiger partial charge in [-0.3, -0.25) is 4.79 Å². The highest BCUT2D eigenvalue weighted by Gasteiger charge is 2.12. The molecule has 0 radical (unpaired) electrons. The van der Waals surface area contributed by atoms with Crippen LogP contribution in [0.4, 0.5) is 0 Å². The van der Waals surface area contributed by atoms with Crippen molar-refractivity contribution in [2.45, 2.75) is 12.5 Å². The van der Waals surface area contributed by atoms with Crippen LogP contribution in [-0.2, 0) is 11.2 Å². The van der Waals surface area contributed by atoms with E-state index in [4.69, 9.17) is 22.4 Å². The van der Waals surface area contributed by atoms with Crippen LogP contribution in [0.5, 0.6) is 0 Å². The highest BCUT2D eigenvalue weighted by atomic mass is 79.9. The monoisotopic (exact) mass is 277 g/mol. The summed E-state index contributed by atoms with van der Waals surface area (Å²) >= 11 is 9.04. The van der Waals surface area contributed by atoms with Crippen molar-refractivity contribution in [3.8, 4) is 0 Å². The molecule has 0 amide bonds. The number of nitrogens with two attached hydrogens (primary N) is 1. The van der Waals surface area contributed by atoms with Crippen LogP contribution in [0.15, 0.2) is 22.7 Å². The first kappa shape index (κ1) is 11.5. The Morgan fingerprint density at radius 1 is 1.64 bits per heavy atom. The maximum absolute atomic E-state index is 10.5. The number of carboxylic acids is 1. The fraction of sp³-hybridized carbons (Fsp3) is 0.222. The number of hydrogen-bond donors (Lipinski definition) is 2. The van der Waals surface area contributed by atoms with Crippen LogP contribution >= 0.6 is 27.5 Å². The van der Waals surface area contributed by atoms with E-state index in [1.807, 2.05) is 0 Å². The lowest BCUT2D eigenvalue weighted by Crippen LogP contribution is -2.32. The van der Waals surface area contributed by atoms with Crippen molar-refractivity contribution in [1.82, 2.24) is 0 Å². The van der Waals surface area contributed by atoms with E-state index in [9.17, 15) is 4.79 Å². The maximum atomic E-state index is 10.5. The Balaban J connectivity index is 2.78. The van der Waals surface area contributed by atoms with E-state index in [1.54, 1.807) is 18.2 Å². The van der Waals surface area contributed by atoms with Gasteiger partial charge in [-0.1, -0.05) is 17.7 Å². The third-order valence-corrected chi connectivity index (χ3v) is 2.97. The summed E-state index contributed by atoms with van der Waals surface area (Å²) < 4.78 is 0.745. The van der Waals surface area contributed by atoms with E-state index >= 15 is 0 Å². The van der Waals surface area contributed by atoms with E-state index in [1.165, 1.54) is 0 Å². The van der Waals surface area contributed by atoms with Gasteiger partial charge in [0, 0.05) is 4.47 Å². The molecule has 1 aromatic carbocycles. The molecule has 0 aromatic heterocycles. The molecule has 0 aliphatic heterocycles. The quantitative estimate of drug-likeness (QED) is 0.889. The molecule has 3 N–H and O–H groups in total. The minimum Gasteiger partial charge on any atom is -0.480 e. The van der Waals surface area contributed by atoms with Gasteiger partial charge < -0.3 is 10.8 Å². The molecule has 1 aromatic rings. The van der Waals surface area contributed by atoms with Crippen molar-refractivity contribution in [2.75, 3.05) is 0 Å². The number of aliphatic carboxylic acids is 1. The summed E-state index contributed by atoms with van der Waals surface area (Å²) in [4.78, 5) is 10.5. The van der Waals surface area contributed by atoms with Crippen molar-refractivity contribution < 1.29 is 9.90 Å². The fourth-order valence-electron chi connectivity index (χ4n) is 1.01. The highest BCUT2D eigenvalue weighted by Crippen LogP contribution is 2.23. The Morgan fingerprint density at radius 3 is 2.79 bits per heavy atom. The van der Waals surface area contributed by atoms with Crippen LogP contribution < -0.4 is 5.73 Å². The number of halogens is 2. The van der Waals surface area contributed by atoms with Gasteiger partial charge in [0.2, 0.25) is 0 Å². The molecule has 1 atom stereocenters. The molecular formula is C9H9BrClNO2. The van der Waals surface area contributed by atoms with Crippen LogP contribution in [0.3, 0.4) is 0 Å². The lowest BCUT2D eigenvalue weighted by Gasteiger charge is -2.07. The predicted molar refractivity (Wildman–Crippen MR) is 58.5 cm³/mol. The number of rotatable bonds is 3. The van der Waals surface area contributed by atoms with E-state index in [-0.39, 0.29) is 0 Å². The van der Waals surface area contributed by atoms with Gasteiger partial charge in [0.15, 0.2) is 0 Å². The van der Waals surface area contributed by atoms with Gasteiger partial charge in [0.1, 0.15) is 6.04 Å². The summed E-state index contributed by atoms with van der Waals surface area (Å²) in [6, 6.07) is 4.36. The maximum Gasteiger partial charge on any atom is 0.320 e.